The van der Waals surface area contributed by atoms with E-state index in [1.54, 1.807) is 0 Å². The molecular formula is C14H10F6N2S. The summed E-state index contributed by atoms with van der Waals surface area (Å²) in [4.78, 5) is 0. The van der Waals surface area contributed by atoms with Crippen LogP contribution in [0.25, 0.3) is 0 Å². The van der Waals surface area contributed by atoms with Gasteiger partial charge in [-0.05, 0) is 29.8 Å². The average Bonchev–Trinajstić information content (AvgIpc) is 3.08. The number of alkyl halides is 6. The zero-order valence-electron chi connectivity index (χ0n) is 11.3. The molecule has 0 spiro atoms. The van der Waals surface area contributed by atoms with Gasteiger partial charge in [-0.1, -0.05) is 12.1 Å². The van der Waals surface area contributed by atoms with Gasteiger partial charge in [-0.25, -0.2) is 0 Å². The molecule has 1 aliphatic heterocycles. The Kier molecular flexibility index (Phi) is 3.08. The Morgan fingerprint density at radius 1 is 1.00 bits per heavy atom. The van der Waals surface area contributed by atoms with Gasteiger partial charge in [-0.3, -0.25) is 0 Å². The maximum atomic E-state index is 13.5. The summed E-state index contributed by atoms with van der Waals surface area (Å²) in [7, 11) is 0. The summed E-state index contributed by atoms with van der Waals surface area (Å²) >= 11 is 0.385. The van der Waals surface area contributed by atoms with Crippen LogP contribution in [0.15, 0.2) is 42.1 Å². The van der Waals surface area contributed by atoms with Crippen molar-refractivity contribution in [2.45, 2.75) is 21.8 Å². The zero-order chi connectivity index (χ0) is 17.3. The minimum atomic E-state index is -4.82. The summed E-state index contributed by atoms with van der Waals surface area (Å²) in [6.07, 6.45) is -6.52. The van der Waals surface area contributed by atoms with Crippen LogP contribution in [-0.2, 0) is 10.9 Å². The largest absolute Gasteiger partial charge is 0.416 e. The molecule has 1 aromatic rings. The van der Waals surface area contributed by atoms with Gasteiger partial charge in [0.15, 0.2) is 4.75 Å². The molecule has 1 saturated heterocycles. The predicted molar refractivity (Wildman–Crippen MR) is 75.3 cm³/mol. The van der Waals surface area contributed by atoms with Gasteiger partial charge >= 0.3 is 12.4 Å². The Hall–Kier alpha value is -1.77. The summed E-state index contributed by atoms with van der Waals surface area (Å²) in [6.45, 7) is 0. The van der Waals surface area contributed by atoms with Gasteiger partial charge in [0.05, 0.1) is 10.3 Å². The topological polar surface area (TPSA) is 52.0 Å². The van der Waals surface area contributed by atoms with Gasteiger partial charge in [-0.2, -0.15) is 26.3 Å². The van der Waals surface area contributed by atoms with Crippen molar-refractivity contribution in [3.05, 3.63) is 53.3 Å². The zero-order valence-corrected chi connectivity index (χ0v) is 12.1. The molecule has 3 rings (SSSR count). The van der Waals surface area contributed by atoms with Crippen molar-refractivity contribution in [2.24, 2.45) is 5.73 Å². The van der Waals surface area contributed by atoms with E-state index >= 15 is 0 Å². The van der Waals surface area contributed by atoms with Gasteiger partial charge in [0.25, 0.3) is 0 Å². The Morgan fingerprint density at radius 2 is 1.65 bits per heavy atom. The van der Waals surface area contributed by atoms with Crippen LogP contribution in [0.4, 0.5) is 32.0 Å². The molecule has 0 bridgehead atoms. The second-order valence-electron chi connectivity index (χ2n) is 5.35. The van der Waals surface area contributed by atoms with Crippen LogP contribution in [0, 0.1) is 0 Å². The highest BCUT2D eigenvalue weighted by Crippen LogP contribution is 2.78. The molecule has 2 unspecified atom stereocenters. The summed E-state index contributed by atoms with van der Waals surface area (Å²) in [5.74, 6) is 0. The number of hydrogen-bond donors (Lipinski definition) is 2. The minimum Gasteiger partial charge on any atom is -0.399 e. The number of benzene rings is 1. The molecular weight excluding hydrogens is 342 g/mol. The Morgan fingerprint density at radius 3 is 2.22 bits per heavy atom. The third-order valence-corrected chi connectivity index (χ3v) is 5.67. The van der Waals surface area contributed by atoms with Gasteiger partial charge in [0.1, 0.15) is 0 Å². The van der Waals surface area contributed by atoms with E-state index in [9.17, 15) is 26.3 Å². The van der Waals surface area contributed by atoms with E-state index in [4.69, 9.17) is 11.5 Å². The highest BCUT2D eigenvalue weighted by Gasteiger charge is 2.81. The summed E-state index contributed by atoms with van der Waals surface area (Å²) in [5.41, 5.74) is 8.86. The van der Waals surface area contributed by atoms with Crippen LogP contribution in [0.2, 0.25) is 0 Å². The third kappa shape index (κ3) is 2.13. The first-order valence-corrected chi connectivity index (χ1v) is 7.16. The smallest absolute Gasteiger partial charge is 0.399 e. The first-order valence-electron chi connectivity index (χ1n) is 6.35. The molecule has 4 N–H and O–H groups in total. The van der Waals surface area contributed by atoms with Crippen LogP contribution < -0.4 is 11.5 Å². The van der Waals surface area contributed by atoms with Gasteiger partial charge < -0.3 is 11.5 Å². The average molecular weight is 352 g/mol. The van der Waals surface area contributed by atoms with Crippen molar-refractivity contribution in [2.75, 3.05) is 5.73 Å². The predicted octanol–water partition coefficient (Wildman–Crippen LogP) is 3.94. The van der Waals surface area contributed by atoms with E-state index in [1.165, 1.54) is 6.08 Å². The number of hydrogen-bond acceptors (Lipinski definition) is 3. The first-order chi connectivity index (χ1) is 10.4. The number of fused-ring (bicyclic) bond motifs is 1. The highest BCUT2D eigenvalue weighted by molar-refractivity contribution is 8.09. The van der Waals surface area contributed by atoms with E-state index < -0.39 is 33.0 Å². The molecule has 1 fully saturated rings. The summed E-state index contributed by atoms with van der Waals surface area (Å²) < 4.78 is 76.0. The van der Waals surface area contributed by atoms with Crippen LogP contribution in [0.3, 0.4) is 0 Å². The molecule has 2 nitrogen and oxygen atoms in total. The number of allylic oxidation sites excluding steroid dienone is 1. The second kappa shape index (κ2) is 4.40. The van der Waals surface area contributed by atoms with E-state index in [2.05, 4.69) is 0 Å². The Bertz CT molecular complexity index is 736. The number of anilines is 1. The summed E-state index contributed by atoms with van der Waals surface area (Å²) in [6, 6.07) is 2.81. The second-order valence-corrected chi connectivity index (χ2v) is 6.84. The molecule has 2 aliphatic rings. The molecule has 2 atom stereocenters. The van der Waals surface area contributed by atoms with Crippen LogP contribution in [-0.4, -0.2) is 10.9 Å². The van der Waals surface area contributed by atoms with E-state index in [1.807, 2.05) is 0 Å². The molecule has 0 saturated carbocycles. The SMILES string of the molecule is NC1=CC2(C(F)(F)F)SC2(c2ccc(N)cc2C(F)(F)F)C=C1. The monoisotopic (exact) mass is 352 g/mol. The van der Waals surface area contributed by atoms with Crippen LogP contribution in [0.5, 0.6) is 0 Å². The standard InChI is InChI=1S/C14H10F6N2S/c15-13(16,17)10-5-7(21)1-2-9(10)11-4-3-8(22)6-12(11,23-11)14(18,19)20/h1-6H,21-22H2. The molecule has 1 heterocycles. The van der Waals surface area contributed by atoms with Crippen LogP contribution >= 0.6 is 11.8 Å². The third-order valence-electron chi connectivity index (χ3n) is 3.88. The van der Waals surface area contributed by atoms with Crippen molar-refractivity contribution in [3.8, 4) is 0 Å². The quantitative estimate of drug-likeness (QED) is 0.457. The van der Waals surface area contributed by atoms with E-state index in [0.29, 0.717) is 17.8 Å². The van der Waals surface area contributed by atoms with Gasteiger partial charge in [0.2, 0.25) is 0 Å². The molecule has 0 aromatic heterocycles. The highest BCUT2D eigenvalue weighted by atomic mass is 32.2. The number of nitrogens with two attached hydrogens (primary N) is 2. The molecule has 23 heavy (non-hydrogen) atoms. The molecule has 1 aromatic carbocycles. The Balaban J connectivity index is 2.23. The fraction of sp³-hybridized carbons (Fsp3) is 0.286. The van der Waals surface area contributed by atoms with Gasteiger partial charge in [0, 0.05) is 11.4 Å². The van der Waals surface area contributed by atoms with Crippen molar-refractivity contribution in [1.82, 2.24) is 0 Å². The van der Waals surface area contributed by atoms with Gasteiger partial charge in [-0.15, -0.1) is 11.8 Å². The normalized spacial score (nSPS) is 29.9. The first kappa shape index (κ1) is 16.1. The number of nitrogen functional groups attached to an aromatic ring is 1. The fourth-order valence-corrected chi connectivity index (χ4v) is 4.38. The molecule has 1 aliphatic carbocycles. The minimum absolute atomic E-state index is 0.132. The number of halogens is 6. The lowest BCUT2D eigenvalue weighted by Gasteiger charge is -2.26. The van der Waals surface area contributed by atoms with Crippen molar-refractivity contribution in [1.29, 1.82) is 0 Å². The van der Waals surface area contributed by atoms with Crippen molar-refractivity contribution >= 4 is 17.4 Å². The van der Waals surface area contributed by atoms with Crippen LogP contribution in [0.1, 0.15) is 11.1 Å². The number of rotatable bonds is 1. The molecule has 0 radical (unpaired) electrons. The molecule has 9 heteroatoms. The lowest BCUT2D eigenvalue weighted by molar-refractivity contribution is -0.147. The summed E-state index contributed by atoms with van der Waals surface area (Å²) in [5, 5.41) is 0. The Labute approximate surface area is 131 Å². The van der Waals surface area contributed by atoms with Crippen molar-refractivity contribution < 1.29 is 26.3 Å². The van der Waals surface area contributed by atoms with Crippen molar-refractivity contribution in [3.63, 3.8) is 0 Å². The molecule has 0 amide bonds. The lowest BCUT2D eigenvalue weighted by atomic mass is 9.79. The van der Waals surface area contributed by atoms with E-state index in [-0.39, 0.29) is 11.4 Å². The lowest BCUT2D eigenvalue weighted by Crippen LogP contribution is -2.39. The van der Waals surface area contributed by atoms with E-state index in [0.717, 1.165) is 24.3 Å². The fourth-order valence-electron chi connectivity index (χ4n) is 2.83. The molecule has 124 valence electrons. The maximum Gasteiger partial charge on any atom is 0.416 e. The number of thioether (sulfide) groups is 1. The maximum absolute atomic E-state index is 13.5.